The third kappa shape index (κ3) is 3.22. The smallest absolute Gasteiger partial charge is 0.416 e. The van der Waals surface area contributed by atoms with Crippen LogP contribution in [-0.4, -0.2) is 15.9 Å². The number of halogens is 3. The van der Waals surface area contributed by atoms with Crippen LogP contribution in [0.25, 0.3) is 0 Å². The highest BCUT2D eigenvalue weighted by Crippen LogP contribution is 2.30. The minimum absolute atomic E-state index is 0.0341. The number of benzene rings is 1. The third-order valence-corrected chi connectivity index (χ3v) is 2.25. The molecule has 0 bridgehead atoms. The van der Waals surface area contributed by atoms with E-state index in [0.717, 1.165) is 30.5 Å². The fourth-order valence-electron chi connectivity index (χ4n) is 1.35. The van der Waals surface area contributed by atoms with E-state index in [9.17, 15) is 18.0 Å². The number of carbonyl (C=O) groups excluding carboxylic acids is 1. The van der Waals surface area contributed by atoms with Gasteiger partial charge >= 0.3 is 12.1 Å². The maximum Gasteiger partial charge on any atom is 0.416 e. The zero-order valence-electron chi connectivity index (χ0n) is 9.89. The van der Waals surface area contributed by atoms with Crippen molar-refractivity contribution in [1.82, 2.24) is 9.97 Å². The molecular formula is C12H8F3N3O2. The molecule has 0 aliphatic carbocycles. The lowest BCUT2D eigenvalue weighted by Crippen LogP contribution is -2.12. The van der Waals surface area contributed by atoms with Gasteiger partial charge in [-0.15, -0.1) is 0 Å². The van der Waals surface area contributed by atoms with Gasteiger partial charge in [-0.25, -0.2) is 9.78 Å². The zero-order chi connectivity index (χ0) is 14.8. The van der Waals surface area contributed by atoms with E-state index in [0.29, 0.717) is 0 Å². The molecule has 0 saturated heterocycles. The van der Waals surface area contributed by atoms with E-state index in [1.54, 1.807) is 0 Å². The molecule has 0 atom stereocenters. The summed E-state index contributed by atoms with van der Waals surface area (Å²) < 4.78 is 41.9. The summed E-state index contributed by atoms with van der Waals surface area (Å²) in [6, 6.07) is 3.71. The van der Waals surface area contributed by atoms with Crippen LogP contribution < -0.4 is 10.5 Å². The van der Waals surface area contributed by atoms with Crippen molar-refractivity contribution in [2.45, 2.75) is 6.18 Å². The maximum absolute atomic E-state index is 12.4. The summed E-state index contributed by atoms with van der Waals surface area (Å²) in [5.74, 6) is -0.858. The molecule has 5 nitrogen and oxygen atoms in total. The summed E-state index contributed by atoms with van der Waals surface area (Å²) >= 11 is 0. The minimum Gasteiger partial charge on any atom is -0.422 e. The molecule has 2 rings (SSSR count). The topological polar surface area (TPSA) is 78.1 Å². The highest BCUT2D eigenvalue weighted by molar-refractivity contribution is 5.88. The number of nitrogens with zero attached hydrogens (tertiary/aromatic N) is 2. The molecule has 20 heavy (non-hydrogen) atoms. The van der Waals surface area contributed by atoms with Gasteiger partial charge in [0.15, 0.2) is 5.69 Å². The van der Waals surface area contributed by atoms with Gasteiger partial charge in [-0.1, -0.05) is 0 Å². The second-order valence-corrected chi connectivity index (χ2v) is 3.74. The quantitative estimate of drug-likeness (QED) is 0.676. The number of nitrogens with two attached hydrogens (primary N) is 1. The van der Waals surface area contributed by atoms with Crippen LogP contribution in [-0.2, 0) is 6.18 Å². The standard InChI is InChI=1S/C12H8F3N3O2/c13-12(14,15)7-1-3-8(4-2-7)20-11(19)9-5-17-6-10(16)18-9/h1-6H,(H2,16,18). The molecule has 104 valence electrons. The number of hydrogen-bond donors (Lipinski definition) is 1. The Kier molecular flexibility index (Phi) is 3.55. The number of rotatable bonds is 2. The first-order chi connectivity index (χ1) is 9.36. The van der Waals surface area contributed by atoms with Crippen LogP contribution in [0, 0.1) is 0 Å². The predicted molar refractivity (Wildman–Crippen MR) is 62.8 cm³/mol. The van der Waals surface area contributed by atoms with Gasteiger partial charge in [-0.05, 0) is 24.3 Å². The number of alkyl halides is 3. The predicted octanol–water partition coefficient (Wildman–Crippen LogP) is 2.30. The van der Waals surface area contributed by atoms with Gasteiger partial charge in [-0.3, -0.25) is 4.98 Å². The average Bonchev–Trinajstić information content (AvgIpc) is 2.38. The first-order valence-corrected chi connectivity index (χ1v) is 5.33. The molecule has 1 heterocycles. The van der Waals surface area contributed by atoms with E-state index in [2.05, 4.69) is 9.97 Å². The number of anilines is 1. The Morgan fingerprint density at radius 1 is 1.15 bits per heavy atom. The molecule has 0 amide bonds. The lowest BCUT2D eigenvalue weighted by Gasteiger charge is -2.07. The monoisotopic (exact) mass is 283 g/mol. The zero-order valence-corrected chi connectivity index (χ0v) is 9.89. The Balaban J connectivity index is 2.12. The van der Waals surface area contributed by atoms with Gasteiger partial charge in [0.1, 0.15) is 11.6 Å². The van der Waals surface area contributed by atoms with Crippen LogP contribution >= 0.6 is 0 Å². The van der Waals surface area contributed by atoms with E-state index >= 15 is 0 Å². The maximum atomic E-state index is 12.4. The summed E-state index contributed by atoms with van der Waals surface area (Å²) in [5.41, 5.74) is 4.38. The van der Waals surface area contributed by atoms with Crippen LogP contribution in [0.2, 0.25) is 0 Å². The van der Waals surface area contributed by atoms with E-state index in [1.165, 1.54) is 6.20 Å². The first kappa shape index (κ1) is 13.8. The van der Waals surface area contributed by atoms with Gasteiger partial charge < -0.3 is 10.5 Å². The van der Waals surface area contributed by atoms with Crippen molar-refractivity contribution in [3.8, 4) is 5.75 Å². The fraction of sp³-hybridized carbons (Fsp3) is 0.0833. The van der Waals surface area contributed by atoms with Crippen LogP contribution in [0.1, 0.15) is 16.1 Å². The number of carbonyl (C=O) groups is 1. The van der Waals surface area contributed by atoms with Crippen molar-refractivity contribution in [3.63, 3.8) is 0 Å². The van der Waals surface area contributed by atoms with Crippen molar-refractivity contribution >= 4 is 11.8 Å². The second-order valence-electron chi connectivity index (χ2n) is 3.74. The molecular weight excluding hydrogens is 275 g/mol. The Labute approximate surface area is 111 Å². The van der Waals surface area contributed by atoms with Crippen molar-refractivity contribution in [2.75, 3.05) is 5.73 Å². The van der Waals surface area contributed by atoms with Crippen molar-refractivity contribution < 1.29 is 22.7 Å². The second kappa shape index (κ2) is 5.16. The molecule has 0 radical (unpaired) electrons. The van der Waals surface area contributed by atoms with Crippen molar-refractivity contribution in [3.05, 3.63) is 47.9 Å². The molecule has 2 aromatic rings. The number of ether oxygens (including phenoxy) is 1. The van der Waals surface area contributed by atoms with Crippen LogP contribution in [0.15, 0.2) is 36.7 Å². The van der Waals surface area contributed by atoms with E-state index in [1.807, 2.05) is 0 Å². The molecule has 0 spiro atoms. The molecule has 1 aromatic carbocycles. The first-order valence-electron chi connectivity index (χ1n) is 5.33. The molecule has 0 saturated carbocycles. The van der Waals surface area contributed by atoms with Gasteiger partial charge in [0.05, 0.1) is 18.0 Å². The highest BCUT2D eigenvalue weighted by atomic mass is 19.4. The van der Waals surface area contributed by atoms with Crippen LogP contribution in [0.3, 0.4) is 0 Å². The van der Waals surface area contributed by atoms with Gasteiger partial charge in [0.2, 0.25) is 0 Å². The largest absolute Gasteiger partial charge is 0.422 e. The minimum atomic E-state index is -4.44. The van der Waals surface area contributed by atoms with Crippen LogP contribution in [0.4, 0.5) is 19.0 Å². The Morgan fingerprint density at radius 2 is 1.80 bits per heavy atom. The number of hydrogen-bond acceptors (Lipinski definition) is 5. The van der Waals surface area contributed by atoms with Crippen molar-refractivity contribution in [1.29, 1.82) is 0 Å². The lowest BCUT2D eigenvalue weighted by atomic mass is 10.2. The molecule has 1 aromatic heterocycles. The summed E-state index contributed by atoms with van der Waals surface area (Å²) in [5, 5.41) is 0. The normalized spacial score (nSPS) is 11.2. The summed E-state index contributed by atoms with van der Waals surface area (Å²) in [4.78, 5) is 19.0. The Hall–Kier alpha value is -2.64. The highest BCUT2D eigenvalue weighted by Gasteiger charge is 2.30. The average molecular weight is 283 g/mol. The molecule has 2 N–H and O–H groups in total. The van der Waals surface area contributed by atoms with E-state index < -0.39 is 17.7 Å². The number of aromatic nitrogens is 2. The molecule has 0 unspecified atom stereocenters. The summed E-state index contributed by atoms with van der Waals surface area (Å²) in [6.07, 6.45) is -2.06. The van der Waals surface area contributed by atoms with Crippen molar-refractivity contribution in [2.24, 2.45) is 0 Å². The number of nitrogen functional groups attached to an aromatic ring is 1. The van der Waals surface area contributed by atoms with Crippen LogP contribution in [0.5, 0.6) is 5.75 Å². The molecule has 8 heteroatoms. The van der Waals surface area contributed by atoms with Gasteiger partial charge in [0, 0.05) is 0 Å². The Morgan fingerprint density at radius 3 is 2.35 bits per heavy atom. The van der Waals surface area contributed by atoms with E-state index in [-0.39, 0.29) is 17.3 Å². The molecule has 0 aliphatic rings. The molecule has 0 aliphatic heterocycles. The lowest BCUT2D eigenvalue weighted by molar-refractivity contribution is -0.137. The van der Waals surface area contributed by atoms with Gasteiger partial charge in [0.25, 0.3) is 0 Å². The Bertz CT molecular complexity index is 627. The third-order valence-electron chi connectivity index (χ3n) is 2.25. The number of esters is 1. The van der Waals surface area contributed by atoms with Gasteiger partial charge in [-0.2, -0.15) is 13.2 Å². The molecule has 0 fully saturated rings. The summed E-state index contributed by atoms with van der Waals surface area (Å²) in [6.45, 7) is 0. The summed E-state index contributed by atoms with van der Waals surface area (Å²) in [7, 11) is 0. The SMILES string of the molecule is Nc1cncc(C(=O)Oc2ccc(C(F)(F)F)cc2)n1. The fourth-order valence-corrected chi connectivity index (χ4v) is 1.35. The van der Waals surface area contributed by atoms with E-state index in [4.69, 9.17) is 10.5 Å².